The van der Waals surface area contributed by atoms with Crippen molar-refractivity contribution >= 4 is 16.8 Å². The highest BCUT2D eigenvalue weighted by Gasteiger charge is 2.12. The van der Waals surface area contributed by atoms with Gasteiger partial charge >= 0.3 is 0 Å². The summed E-state index contributed by atoms with van der Waals surface area (Å²) in [6.07, 6.45) is 5.38. The normalized spacial score (nSPS) is 11.0. The zero-order chi connectivity index (χ0) is 18.0. The Balaban J connectivity index is 1.68. The molecule has 0 atom stereocenters. The Morgan fingerprint density at radius 2 is 2.12 bits per heavy atom. The monoisotopic (exact) mass is 339 g/mol. The van der Waals surface area contributed by atoms with Crippen LogP contribution in [0.5, 0.6) is 0 Å². The molecule has 0 aliphatic rings. The van der Waals surface area contributed by atoms with E-state index in [-0.39, 0.29) is 17.9 Å². The highest BCUT2D eigenvalue weighted by atomic mass is 16.2. The predicted octanol–water partition coefficient (Wildman–Crippen LogP) is 1.49. The van der Waals surface area contributed by atoms with E-state index >= 15 is 0 Å². The summed E-state index contributed by atoms with van der Waals surface area (Å²) in [4.78, 5) is 30.9. The molecule has 0 bridgehead atoms. The Hall–Kier alpha value is -2.96. The maximum absolute atomic E-state index is 12.5. The predicted molar refractivity (Wildman–Crippen MR) is 95.0 cm³/mol. The second kappa shape index (κ2) is 6.88. The number of hydrogen-bond acceptors (Lipinski definition) is 4. The molecule has 0 N–H and O–H groups in total. The highest BCUT2D eigenvalue weighted by Crippen LogP contribution is 2.11. The molecule has 1 amide bonds. The van der Waals surface area contributed by atoms with Crippen molar-refractivity contribution in [2.45, 2.75) is 26.4 Å². The summed E-state index contributed by atoms with van der Waals surface area (Å²) < 4.78 is 3.20. The molecule has 2 aromatic heterocycles. The minimum absolute atomic E-state index is 0.0277. The minimum atomic E-state index is -0.114. The Morgan fingerprint density at radius 3 is 2.84 bits per heavy atom. The zero-order valence-electron chi connectivity index (χ0n) is 14.6. The van der Waals surface area contributed by atoms with Crippen LogP contribution in [0.4, 0.5) is 0 Å². The molecule has 0 saturated heterocycles. The standard InChI is InChI=1S/C18H21N5O2/c1-13-5-4-6-15-17(13)19-12-23(18(15)25)8-7-16(24)21(2)10-14-9-20-22(3)11-14/h4-6,9,11-12H,7-8,10H2,1-3H3. The van der Waals surface area contributed by atoms with Crippen LogP contribution in [-0.2, 0) is 24.9 Å². The molecule has 7 heteroatoms. The molecule has 0 saturated carbocycles. The van der Waals surface area contributed by atoms with Gasteiger partial charge in [0.2, 0.25) is 5.91 Å². The third kappa shape index (κ3) is 3.60. The van der Waals surface area contributed by atoms with Gasteiger partial charge in [-0.15, -0.1) is 0 Å². The van der Waals surface area contributed by atoms with Gasteiger partial charge in [-0.3, -0.25) is 18.8 Å². The lowest BCUT2D eigenvalue weighted by molar-refractivity contribution is -0.130. The van der Waals surface area contributed by atoms with E-state index in [9.17, 15) is 9.59 Å². The topological polar surface area (TPSA) is 73.0 Å². The summed E-state index contributed by atoms with van der Waals surface area (Å²) in [5, 5.41) is 4.68. The fourth-order valence-electron chi connectivity index (χ4n) is 2.82. The fraction of sp³-hybridized carbons (Fsp3) is 0.333. The summed E-state index contributed by atoms with van der Waals surface area (Å²) in [7, 11) is 3.59. The molecule has 25 heavy (non-hydrogen) atoms. The first-order chi connectivity index (χ1) is 12.0. The van der Waals surface area contributed by atoms with E-state index in [0.717, 1.165) is 11.1 Å². The fourth-order valence-corrected chi connectivity index (χ4v) is 2.82. The van der Waals surface area contributed by atoms with Gasteiger partial charge in [0.05, 0.1) is 23.4 Å². The van der Waals surface area contributed by atoms with Gasteiger partial charge in [0.25, 0.3) is 5.56 Å². The number of carbonyl (C=O) groups is 1. The van der Waals surface area contributed by atoms with E-state index in [1.54, 1.807) is 28.9 Å². The van der Waals surface area contributed by atoms with Crippen LogP contribution in [0.1, 0.15) is 17.5 Å². The van der Waals surface area contributed by atoms with E-state index in [2.05, 4.69) is 10.1 Å². The van der Waals surface area contributed by atoms with Crippen LogP contribution in [0, 0.1) is 6.92 Å². The average molecular weight is 339 g/mol. The Kier molecular flexibility index (Phi) is 4.65. The SMILES string of the molecule is Cc1cccc2c(=O)n(CCC(=O)N(C)Cc3cnn(C)c3)cnc12. The number of nitrogens with zero attached hydrogens (tertiary/aromatic N) is 5. The van der Waals surface area contributed by atoms with Crippen LogP contribution in [-0.4, -0.2) is 37.2 Å². The largest absolute Gasteiger partial charge is 0.341 e. The Labute approximate surface area is 145 Å². The van der Waals surface area contributed by atoms with Gasteiger partial charge in [0.15, 0.2) is 0 Å². The van der Waals surface area contributed by atoms with E-state index in [1.165, 1.54) is 10.9 Å². The van der Waals surface area contributed by atoms with Crippen molar-refractivity contribution < 1.29 is 4.79 Å². The molecule has 3 aromatic rings. The number of carbonyl (C=O) groups excluding carboxylic acids is 1. The van der Waals surface area contributed by atoms with E-state index in [1.807, 2.05) is 32.3 Å². The number of hydrogen-bond donors (Lipinski definition) is 0. The first kappa shape index (κ1) is 16.9. The van der Waals surface area contributed by atoms with E-state index in [0.29, 0.717) is 24.0 Å². The van der Waals surface area contributed by atoms with Crippen LogP contribution in [0.2, 0.25) is 0 Å². The lowest BCUT2D eigenvalue weighted by atomic mass is 10.1. The van der Waals surface area contributed by atoms with Crippen LogP contribution in [0.3, 0.4) is 0 Å². The quantitative estimate of drug-likeness (QED) is 0.706. The summed E-state index contributed by atoms with van der Waals surface area (Å²) in [6, 6.07) is 5.54. The summed E-state index contributed by atoms with van der Waals surface area (Å²) in [5.41, 5.74) is 2.53. The maximum Gasteiger partial charge on any atom is 0.261 e. The van der Waals surface area contributed by atoms with Crippen LogP contribution in [0.25, 0.3) is 10.9 Å². The number of aryl methyl sites for hydroxylation is 3. The molecule has 7 nitrogen and oxygen atoms in total. The Bertz CT molecular complexity index is 973. The number of benzene rings is 1. The van der Waals surface area contributed by atoms with E-state index in [4.69, 9.17) is 0 Å². The smallest absolute Gasteiger partial charge is 0.261 e. The molecule has 0 aliphatic heterocycles. The van der Waals surface area contributed by atoms with Gasteiger partial charge in [-0.2, -0.15) is 5.10 Å². The molecular formula is C18H21N5O2. The lowest BCUT2D eigenvalue weighted by Crippen LogP contribution is -2.29. The Morgan fingerprint density at radius 1 is 1.32 bits per heavy atom. The van der Waals surface area contributed by atoms with Gasteiger partial charge in [0, 0.05) is 45.4 Å². The number of rotatable bonds is 5. The van der Waals surface area contributed by atoms with Crippen LogP contribution in [0.15, 0.2) is 41.7 Å². The number of para-hydroxylation sites is 1. The first-order valence-corrected chi connectivity index (χ1v) is 8.12. The molecule has 0 unspecified atom stereocenters. The minimum Gasteiger partial charge on any atom is -0.341 e. The third-order valence-corrected chi connectivity index (χ3v) is 4.23. The van der Waals surface area contributed by atoms with Crippen molar-refractivity contribution in [3.63, 3.8) is 0 Å². The summed E-state index contributed by atoms with van der Waals surface area (Å²) >= 11 is 0. The van der Waals surface area contributed by atoms with Gasteiger partial charge in [0.1, 0.15) is 0 Å². The molecule has 3 rings (SSSR count). The zero-order valence-corrected chi connectivity index (χ0v) is 14.6. The van der Waals surface area contributed by atoms with Crippen LogP contribution >= 0.6 is 0 Å². The van der Waals surface area contributed by atoms with Gasteiger partial charge < -0.3 is 4.90 Å². The summed E-state index contributed by atoms with van der Waals surface area (Å²) in [5.74, 6) is -0.0277. The average Bonchev–Trinajstić information content (AvgIpc) is 2.99. The molecule has 2 heterocycles. The number of amides is 1. The third-order valence-electron chi connectivity index (χ3n) is 4.23. The molecular weight excluding hydrogens is 318 g/mol. The molecule has 0 fully saturated rings. The van der Waals surface area contributed by atoms with Crippen molar-refractivity contribution in [1.82, 2.24) is 24.2 Å². The van der Waals surface area contributed by atoms with Crippen molar-refractivity contribution in [3.05, 3.63) is 58.4 Å². The molecule has 130 valence electrons. The summed E-state index contributed by atoms with van der Waals surface area (Å²) in [6.45, 7) is 2.73. The first-order valence-electron chi connectivity index (χ1n) is 8.12. The molecule has 0 radical (unpaired) electrons. The second-order valence-corrected chi connectivity index (χ2v) is 6.24. The number of aromatic nitrogens is 4. The van der Waals surface area contributed by atoms with Crippen molar-refractivity contribution in [3.8, 4) is 0 Å². The molecule has 0 aliphatic carbocycles. The number of fused-ring (bicyclic) bond motifs is 1. The van der Waals surface area contributed by atoms with Crippen molar-refractivity contribution in [1.29, 1.82) is 0 Å². The molecule has 0 spiro atoms. The van der Waals surface area contributed by atoms with Gasteiger partial charge in [-0.1, -0.05) is 12.1 Å². The maximum atomic E-state index is 12.5. The van der Waals surface area contributed by atoms with Gasteiger partial charge in [-0.25, -0.2) is 4.98 Å². The van der Waals surface area contributed by atoms with Crippen molar-refractivity contribution in [2.75, 3.05) is 7.05 Å². The lowest BCUT2D eigenvalue weighted by Gasteiger charge is -2.16. The van der Waals surface area contributed by atoms with Gasteiger partial charge in [-0.05, 0) is 18.6 Å². The highest BCUT2D eigenvalue weighted by molar-refractivity contribution is 5.80. The van der Waals surface area contributed by atoms with E-state index < -0.39 is 0 Å². The second-order valence-electron chi connectivity index (χ2n) is 6.24. The van der Waals surface area contributed by atoms with Crippen LogP contribution < -0.4 is 5.56 Å². The van der Waals surface area contributed by atoms with Crippen molar-refractivity contribution in [2.24, 2.45) is 7.05 Å². The molecule has 1 aromatic carbocycles.